The van der Waals surface area contributed by atoms with Crippen LogP contribution >= 0.6 is 50.7 Å². The molecule has 6 unspecified atom stereocenters. The van der Waals surface area contributed by atoms with Crippen molar-refractivity contribution in [3.05, 3.63) is 85.8 Å². The lowest BCUT2D eigenvalue weighted by molar-refractivity contribution is -0.141. The van der Waals surface area contributed by atoms with Crippen LogP contribution in [-0.2, 0) is 25.4 Å². The molecule has 2 aliphatic heterocycles. The second-order valence-electron chi connectivity index (χ2n) is 13.3. The second-order valence-corrected chi connectivity index (χ2v) is 15.8. The minimum Gasteiger partial charge on any atom is -0.503 e. The quantitative estimate of drug-likeness (QED) is 0.0697. The van der Waals surface area contributed by atoms with Crippen molar-refractivity contribution in [2.75, 3.05) is 24.1 Å². The maximum Gasteiger partial charge on any atom is 0.433 e. The minimum absolute atomic E-state index is 0.0541. The van der Waals surface area contributed by atoms with E-state index in [2.05, 4.69) is 20.9 Å². The Morgan fingerprint density at radius 1 is 0.946 bits per heavy atom. The average molecular weight is 919 g/mol. The van der Waals surface area contributed by atoms with Crippen molar-refractivity contribution < 1.29 is 64.1 Å². The van der Waals surface area contributed by atoms with E-state index in [0.717, 1.165) is 26.3 Å². The molecule has 2 saturated heterocycles. The molecule has 296 valence electrons. The number of hydrogen-bond donors (Lipinski definition) is 1. The molecule has 0 spiro atoms. The summed E-state index contributed by atoms with van der Waals surface area (Å²) in [5.74, 6) is -25.4. The van der Waals surface area contributed by atoms with E-state index in [9.17, 15) is 50.6 Å². The Labute approximate surface area is 332 Å². The number of anilines is 2. The van der Waals surface area contributed by atoms with Crippen molar-refractivity contribution in [3.63, 3.8) is 0 Å². The number of hydrogen-bond acceptors (Lipinski definition) is 8. The number of methoxy groups -OCH3 is 1. The summed E-state index contributed by atoms with van der Waals surface area (Å²) >= 11 is 23.5. The summed E-state index contributed by atoms with van der Waals surface area (Å²) < 4.78 is 120. The van der Waals surface area contributed by atoms with Crippen molar-refractivity contribution in [2.45, 2.75) is 34.7 Å². The first-order valence-corrected chi connectivity index (χ1v) is 17.9. The topological polar surface area (TPSA) is 120 Å². The fraction of sp³-hybridized carbons (Fsp3) is 0.324. The van der Waals surface area contributed by atoms with Crippen LogP contribution in [0.3, 0.4) is 0 Å². The van der Waals surface area contributed by atoms with Gasteiger partial charge in [0.2, 0.25) is 5.82 Å². The molecule has 4 aliphatic rings. The van der Waals surface area contributed by atoms with Crippen molar-refractivity contribution in [3.8, 4) is 11.5 Å². The Morgan fingerprint density at radius 3 is 2.14 bits per heavy atom. The van der Waals surface area contributed by atoms with Crippen molar-refractivity contribution in [2.24, 2.45) is 17.8 Å². The number of aromatic nitrogens is 1. The van der Waals surface area contributed by atoms with Gasteiger partial charge in [0.05, 0.1) is 28.4 Å². The standard InChI is InChI=1S/C34H20BrCl3F8N4O6/c1-48(27-15(36)5-6-17(47-27)34(44,45)46)50-28(52)12-4-3-11-13(18(12)29(50)53)9-32(37)30(54)49(25-23(42)21(40)20(39)22(41)24(25)43)31(55)33(32,38)19(11)10-7-14(35)26(51)16(8-10)56-2/h3,5-8,12-13,18-19,51H,4,9H2,1-2H3. The summed E-state index contributed by atoms with van der Waals surface area (Å²) in [4.78, 5) is 54.6. The number of phenolic OH excluding ortho intramolecular Hbond substituents is 1. The number of benzene rings is 2. The number of halogens is 12. The molecule has 3 heterocycles. The number of ether oxygens (including phenoxy) is 1. The predicted molar refractivity (Wildman–Crippen MR) is 183 cm³/mol. The number of rotatable bonds is 5. The number of fused-ring (bicyclic) bond motifs is 4. The van der Waals surface area contributed by atoms with E-state index in [0.29, 0.717) is 16.1 Å². The molecule has 4 amide bonds. The van der Waals surface area contributed by atoms with Crippen LogP contribution in [0.1, 0.15) is 30.0 Å². The summed E-state index contributed by atoms with van der Waals surface area (Å²) in [5, 5.41) is 11.4. The highest BCUT2D eigenvalue weighted by Gasteiger charge is 2.77. The van der Waals surface area contributed by atoms with E-state index in [-0.39, 0.29) is 37.7 Å². The number of imide groups is 2. The molecule has 56 heavy (non-hydrogen) atoms. The lowest BCUT2D eigenvalue weighted by Crippen LogP contribution is -2.60. The van der Waals surface area contributed by atoms with Crippen LogP contribution in [0.5, 0.6) is 11.5 Å². The van der Waals surface area contributed by atoms with Gasteiger partial charge in [0.15, 0.2) is 50.3 Å². The molecule has 1 aromatic heterocycles. The van der Waals surface area contributed by atoms with Gasteiger partial charge in [-0.25, -0.2) is 31.8 Å². The average Bonchev–Trinajstić information content (AvgIpc) is 3.48. The summed E-state index contributed by atoms with van der Waals surface area (Å²) in [5.41, 5.74) is -3.40. The number of pyridine rings is 1. The second kappa shape index (κ2) is 13.2. The fourth-order valence-electron chi connectivity index (χ4n) is 8.05. The summed E-state index contributed by atoms with van der Waals surface area (Å²) in [6, 6.07) is 3.80. The summed E-state index contributed by atoms with van der Waals surface area (Å²) in [7, 11) is 2.20. The van der Waals surface area contributed by atoms with Gasteiger partial charge in [-0.15, -0.1) is 23.2 Å². The number of nitrogens with zero attached hydrogens (tertiary/aromatic N) is 4. The van der Waals surface area contributed by atoms with E-state index in [1.807, 2.05) is 0 Å². The lowest BCUT2D eigenvalue weighted by Gasteiger charge is -2.50. The van der Waals surface area contributed by atoms with Gasteiger partial charge in [-0.05, 0) is 64.5 Å². The molecule has 3 fully saturated rings. The molecule has 1 saturated carbocycles. The zero-order valence-electron chi connectivity index (χ0n) is 27.9. The number of carbonyl (C=O) groups is 4. The number of alkyl halides is 5. The molecule has 3 aromatic rings. The van der Waals surface area contributed by atoms with Gasteiger partial charge in [0, 0.05) is 13.0 Å². The molecule has 6 atom stereocenters. The fourth-order valence-corrected chi connectivity index (χ4v) is 9.67. The SMILES string of the molecule is COc1cc(C2C3=CCC4C(=O)N(N(C)c5nc(C(F)(F)F)ccc5Cl)C(=O)C4C3CC3(Cl)C(=O)N(c4c(F)c(F)c(F)c(F)c4F)C(=O)C23Cl)cc(Br)c1O. The number of amides is 4. The van der Waals surface area contributed by atoms with Crippen molar-refractivity contribution in [1.82, 2.24) is 9.99 Å². The van der Waals surface area contributed by atoms with Gasteiger partial charge < -0.3 is 9.84 Å². The van der Waals surface area contributed by atoms with Gasteiger partial charge in [-0.3, -0.25) is 24.2 Å². The Kier molecular flexibility index (Phi) is 9.41. The van der Waals surface area contributed by atoms with Crippen LogP contribution in [0.15, 0.2) is 40.4 Å². The third kappa shape index (κ3) is 5.29. The number of phenols is 1. The van der Waals surface area contributed by atoms with Gasteiger partial charge in [0.1, 0.15) is 11.4 Å². The largest absolute Gasteiger partial charge is 0.503 e. The third-order valence-corrected chi connectivity index (χ3v) is 12.8. The third-order valence-electron chi connectivity index (χ3n) is 10.5. The van der Waals surface area contributed by atoms with E-state index in [1.54, 1.807) is 0 Å². The summed E-state index contributed by atoms with van der Waals surface area (Å²) in [6.45, 7) is 0. The molecule has 7 rings (SSSR count). The van der Waals surface area contributed by atoms with Crippen LogP contribution in [0.4, 0.5) is 46.6 Å². The maximum atomic E-state index is 15.3. The van der Waals surface area contributed by atoms with Crippen LogP contribution in [-0.4, -0.2) is 62.6 Å². The Bertz CT molecular complexity index is 2330. The molecule has 1 N–H and O–H groups in total. The lowest BCUT2D eigenvalue weighted by atomic mass is 9.56. The molecular weight excluding hydrogens is 899 g/mol. The van der Waals surface area contributed by atoms with Crippen LogP contribution < -0.4 is 14.6 Å². The summed E-state index contributed by atoms with van der Waals surface area (Å²) in [6.07, 6.45) is -4.69. The Hall–Kier alpha value is -4.20. The van der Waals surface area contributed by atoms with E-state index < -0.39 is 122 Å². The number of aromatic hydroxyl groups is 1. The molecule has 2 aromatic carbocycles. The van der Waals surface area contributed by atoms with Crippen LogP contribution in [0.25, 0.3) is 0 Å². The Balaban J connectivity index is 1.41. The smallest absolute Gasteiger partial charge is 0.433 e. The maximum absolute atomic E-state index is 15.3. The first-order valence-electron chi connectivity index (χ1n) is 15.9. The Morgan fingerprint density at radius 2 is 1.55 bits per heavy atom. The number of hydrazine groups is 1. The number of allylic oxidation sites excluding steroid dienone is 2. The van der Waals surface area contributed by atoms with Crippen molar-refractivity contribution in [1.29, 1.82) is 0 Å². The highest BCUT2D eigenvalue weighted by molar-refractivity contribution is 9.10. The van der Waals surface area contributed by atoms with E-state index in [1.165, 1.54) is 12.1 Å². The van der Waals surface area contributed by atoms with Crippen molar-refractivity contribution >= 4 is 85.9 Å². The molecule has 2 aliphatic carbocycles. The van der Waals surface area contributed by atoms with Crippen LogP contribution in [0.2, 0.25) is 5.02 Å². The molecule has 0 bridgehead atoms. The molecule has 10 nitrogen and oxygen atoms in total. The molecule has 0 radical (unpaired) electrons. The normalized spacial score (nSPS) is 27.4. The monoisotopic (exact) mass is 916 g/mol. The highest BCUT2D eigenvalue weighted by atomic mass is 79.9. The predicted octanol–water partition coefficient (Wildman–Crippen LogP) is 7.54. The highest BCUT2D eigenvalue weighted by Crippen LogP contribution is 2.66. The number of carbonyl (C=O) groups excluding carboxylic acids is 4. The first kappa shape index (κ1) is 40.0. The van der Waals surface area contributed by atoms with Gasteiger partial charge in [0.25, 0.3) is 23.6 Å². The minimum atomic E-state index is -4.95. The van der Waals surface area contributed by atoms with Gasteiger partial charge in [-0.2, -0.15) is 18.2 Å². The van der Waals surface area contributed by atoms with Crippen LogP contribution in [0, 0.1) is 46.8 Å². The zero-order chi connectivity index (χ0) is 41.3. The van der Waals surface area contributed by atoms with E-state index >= 15 is 8.78 Å². The van der Waals surface area contributed by atoms with Gasteiger partial charge in [-0.1, -0.05) is 23.3 Å². The molecule has 22 heteroatoms. The first-order chi connectivity index (χ1) is 26.0. The zero-order valence-corrected chi connectivity index (χ0v) is 31.8. The van der Waals surface area contributed by atoms with E-state index in [4.69, 9.17) is 39.5 Å². The molecular formula is C34H20BrCl3F8N4O6. The van der Waals surface area contributed by atoms with Gasteiger partial charge >= 0.3 is 6.18 Å².